The van der Waals surface area contributed by atoms with Crippen LogP contribution in [0, 0.1) is 11.8 Å². The molecule has 0 spiro atoms. The highest BCUT2D eigenvalue weighted by Gasteiger charge is 2.39. The Morgan fingerprint density at radius 3 is 2.65 bits per heavy atom. The second kappa shape index (κ2) is 9.46. The van der Waals surface area contributed by atoms with E-state index in [9.17, 15) is 0 Å². The maximum absolute atomic E-state index is 6.80. The van der Waals surface area contributed by atoms with Gasteiger partial charge in [0.15, 0.2) is 0 Å². The van der Waals surface area contributed by atoms with Gasteiger partial charge in [0, 0.05) is 23.7 Å². The molecule has 2 aliphatic heterocycles. The molecule has 1 saturated heterocycles. The van der Waals surface area contributed by atoms with Gasteiger partial charge in [0.05, 0.1) is 12.2 Å². The molecule has 146 valence electrons. The van der Waals surface area contributed by atoms with Crippen LogP contribution in [0.15, 0.2) is 18.2 Å². The molecule has 0 bridgehead atoms. The van der Waals surface area contributed by atoms with E-state index in [1.807, 2.05) is 0 Å². The van der Waals surface area contributed by atoms with Gasteiger partial charge in [-0.3, -0.25) is 0 Å². The number of rotatable bonds is 5. The van der Waals surface area contributed by atoms with Gasteiger partial charge in [-0.1, -0.05) is 51.2 Å². The van der Waals surface area contributed by atoms with Crippen molar-refractivity contribution in [1.29, 1.82) is 0 Å². The normalized spacial score (nSPS) is 28.4. The van der Waals surface area contributed by atoms with Crippen molar-refractivity contribution in [3.8, 4) is 0 Å². The van der Waals surface area contributed by atoms with Gasteiger partial charge in [-0.05, 0) is 56.1 Å². The fourth-order valence-electron chi connectivity index (χ4n) is 5.27. The van der Waals surface area contributed by atoms with Crippen LogP contribution in [0.2, 0.25) is 0 Å². The molecule has 2 heterocycles. The molecule has 0 amide bonds. The van der Waals surface area contributed by atoms with Crippen LogP contribution in [0.1, 0.15) is 88.4 Å². The van der Waals surface area contributed by atoms with Gasteiger partial charge in [-0.15, -0.1) is 12.4 Å². The number of halogens is 1. The first kappa shape index (κ1) is 20.0. The lowest BCUT2D eigenvalue weighted by molar-refractivity contribution is -0.113. The van der Waals surface area contributed by atoms with E-state index in [1.165, 1.54) is 87.4 Å². The Labute approximate surface area is 165 Å². The Hall–Kier alpha value is -0.730. The van der Waals surface area contributed by atoms with Gasteiger partial charge in [0.2, 0.25) is 0 Å². The van der Waals surface area contributed by atoms with Gasteiger partial charge in [0.1, 0.15) is 0 Å². The molecular formula is C23H36ClNO. The summed E-state index contributed by atoms with van der Waals surface area (Å²) >= 11 is 0. The Balaban J connectivity index is 0.00000196. The van der Waals surface area contributed by atoms with E-state index >= 15 is 0 Å². The van der Waals surface area contributed by atoms with E-state index in [0.29, 0.717) is 18.1 Å². The van der Waals surface area contributed by atoms with E-state index < -0.39 is 0 Å². The van der Waals surface area contributed by atoms with Crippen molar-refractivity contribution < 1.29 is 4.74 Å². The summed E-state index contributed by atoms with van der Waals surface area (Å²) in [5.74, 6) is 1.49. The van der Waals surface area contributed by atoms with Crippen molar-refractivity contribution in [2.75, 3.05) is 11.9 Å². The zero-order chi connectivity index (χ0) is 17.1. The summed E-state index contributed by atoms with van der Waals surface area (Å²) in [5, 5.41) is 3.67. The molecule has 2 fully saturated rings. The lowest BCUT2D eigenvalue weighted by atomic mass is 9.78. The Kier molecular flexibility index (Phi) is 7.28. The molecule has 1 aromatic rings. The summed E-state index contributed by atoms with van der Waals surface area (Å²) in [5.41, 5.74) is 4.27. The van der Waals surface area contributed by atoms with Crippen LogP contribution in [-0.4, -0.2) is 12.6 Å². The topological polar surface area (TPSA) is 21.3 Å². The molecule has 4 rings (SSSR count). The number of unbranched alkanes of at least 4 members (excludes halogenated alkanes) is 2. The van der Waals surface area contributed by atoms with Crippen LogP contribution < -0.4 is 5.32 Å². The second-order valence-corrected chi connectivity index (χ2v) is 8.59. The SMILES string of the molecule is CCCCCc1ccc2c(c1)C1OC(C3CCCCC3)CCC1CN2.Cl. The number of hydrogen-bond acceptors (Lipinski definition) is 2. The number of aryl methyl sites for hydroxylation is 1. The first-order chi connectivity index (χ1) is 12.3. The minimum atomic E-state index is 0. The molecule has 3 heteroatoms. The van der Waals surface area contributed by atoms with Crippen LogP contribution in [0.4, 0.5) is 5.69 Å². The van der Waals surface area contributed by atoms with Gasteiger partial charge < -0.3 is 10.1 Å². The molecule has 3 atom stereocenters. The number of fused-ring (bicyclic) bond motifs is 3. The summed E-state index contributed by atoms with van der Waals surface area (Å²) in [4.78, 5) is 0. The third-order valence-electron chi connectivity index (χ3n) is 6.79. The highest BCUT2D eigenvalue weighted by Crippen LogP contribution is 2.46. The van der Waals surface area contributed by atoms with Gasteiger partial charge in [-0.2, -0.15) is 0 Å². The maximum atomic E-state index is 6.80. The third kappa shape index (κ3) is 4.39. The number of ether oxygens (including phenoxy) is 1. The van der Waals surface area contributed by atoms with E-state index in [4.69, 9.17) is 4.74 Å². The van der Waals surface area contributed by atoms with Gasteiger partial charge in [0.25, 0.3) is 0 Å². The molecule has 1 saturated carbocycles. The fourth-order valence-corrected chi connectivity index (χ4v) is 5.27. The lowest BCUT2D eigenvalue weighted by Crippen LogP contribution is -2.40. The predicted molar refractivity (Wildman–Crippen MR) is 112 cm³/mol. The number of benzene rings is 1. The summed E-state index contributed by atoms with van der Waals surface area (Å²) in [7, 11) is 0. The largest absolute Gasteiger partial charge is 0.384 e. The van der Waals surface area contributed by atoms with E-state index in [0.717, 1.165) is 12.5 Å². The van der Waals surface area contributed by atoms with E-state index in [2.05, 4.69) is 30.4 Å². The zero-order valence-electron chi connectivity index (χ0n) is 16.3. The van der Waals surface area contributed by atoms with Crippen LogP contribution in [-0.2, 0) is 11.2 Å². The number of anilines is 1. The second-order valence-electron chi connectivity index (χ2n) is 8.59. The van der Waals surface area contributed by atoms with Crippen molar-refractivity contribution >= 4 is 18.1 Å². The average Bonchev–Trinajstić information content (AvgIpc) is 2.68. The van der Waals surface area contributed by atoms with E-state index in [1.54, 1.807) is 0 Å². The van der Waals surface area contributed by atoms with Crippen molar-refractivity contribution in [3.63, 3.8) is 0 Å². The molecule has 1 aromatic carbocycles. The number of nitrogens with one attached hydrogen (secondary N) is 1. The fraction of sp³-hybridized carbons (Fsp3) is 0.739. The lowest BCUT2D eigenvalue weighted by Gasteiger charge is -2.44. The first-order valence-corrected chi connectivity index (χ1v) is 10.9. The molecule has 0 aromatic heterocycles. The van der Waals surface area contributed by atoms with Crippen molar-refractivity contribution in [2.45, 2.75) is 89.8 Å². The molecule has 1 N–H and O–H groups in total. The van der Waals surface area contributed by atoms with E-state index in [-0.39, 0.29) is 12.4 Å². The zero-order valence-corrected chi connectivity index (χ0v) is 17.2. The molecule has 3 unspecified atom stereocenters. The molecule has 1 aliphatic carbocycles. The predicted octanol–water partition coefficient (Wildman–Crippen LogP) is 6.68. The summed E-state index contributed by atoms with van der Waals surface area (Å²) in [6.45, 7) is 3.37. The number of hydrogen-bond donors (Lipinski definition) is 1. The summed E-state index contributed by atoms with van der Waals surface area (Å²) in [6, 6.07) is 7.09. The Bertz CT molecular complexity index is 569. The summed E-state index contributed by atoms with van der Waals surface area (Å²) < 4.78 is 6.80. The van der Waals surface area contributed by atoms with Crippen LogP contribution in [0.25, 0.3) is 0 Å². The minimum Gasteiger partial charge on any atom is -0.384 e. The molecule has 2 nitrogen and oxygen atoms in total. The smallest absolute Gasteiger partial charge is 0.0893 e. The quantitative estimate of drug-likeness (QED) is 0.577. The maximum Gasteiger partial charge on any atom is 0.0893 e. The molecular weight excluding hydrogens is 342 g/mol. The molecule has 26 heavy (non-hydrogen) atoms. The average molecular weight is 378 g/mol. The third-order valence-corrected chi connectivity index (χ3v) is 6.79. The summed E-state index contributed by atoms with van der Waals surface area (Å²) in [6.07, 6.45) is 15.7. The van der Waals surface area contributed by atoms with Gasteiger partial charge >= 0.3 is 0 Å². The highest BCUT2D eigenvalue weighted by molar-refractivity contribution is 5.85. The minimum absolute atomic E-state index is 0. The van der Waals surface area contributed by atoms with Crippen LogP contribution >= 0.6 is 12.4 Å². The standard InChI is InChI=1S/C23H35NO.ClH/c1-2-3-5-8-17-11-13-21-20(15-17)23-19(16-24-21)12-14-22(25-23)18-9-6-4-7-10-18;/h11,13,15,18-19,22-24H,2-10,12,14,16H2,1H3;1H. The van der Waals surface area contributed by atoms with Gasteiger partial charge in [-0.25, -0.2) is 0 Å². The Morgan fingerprint density at radius 2 is 1.85 bits per heavy atom. The van der Waals surface area contributed by atoms with Crippen LogP contribution in [0.5, 0.6) is 0 Å². The van der Waals surface area contributed by atoms with Crippen LogP contribution in [0.3, 0.4) is 0 Å². The first-order valence-electron chi connectivity index (χ1n) is 10.9. The highest BCUT2D eigenvalue weighted by atomic mass is 35.5. The molecule has 0 radical (unpaired) electrons. The molecule has 3 aliphatic rings. The van der Waals surface area contributed by atoms with Crippen molar-refractivity contribution in [2.24, 2.45) is 11.8 Å². The van der Waals surface area contributed by atoms with Crippen molar-refractivity contribution in [1.82, 2.24) is 0 Å². The monoisotopic (exact) mass is 377 g/mol. The Morgan fingerprint density at radius 1 is 1.00 bits per heavy atom. The van der Waals surface area contributed by atoms with Crippen molar-refractivity contribution in [3.05, 3.63) is 29.3 Å².